The van der Waals surface area contributed by atoms with Crippen molar-refractivity contribution in [3.63, 3.8) is 0 Å². The summed E-state index contributed by atoms with van der Waals surface area (Å²) < 4.78 is 13.9. The lowest BCUT2D eigenvalue weighted by Crippen LogP contribution is -2.49. The molecular formula is C23H27FN2. The summed E-state index contributed by atoms with van der Waals surface area (Å²) in [6.45, 7) is 0.976. The van der Waals surface area contributed by atoms with E-state index in [0.29, 0.717) is 5.41 Å². The van der Waals surface area contributed by atoms with Crippen molar-refractivity contribution in [1.29, 1.82) is 0 Å². The van der Waals surface area contributed by atoms with E-state index in [-0.39, 0.29) is 5.82 Å². The van der Waals surface area contributed by atoms with Crippen molar-refractivity contribution in [1.82, 2.24) is 0 Å². The first-order valence-corrected chi connectivity index (χ1v) is 10.0. The van der Waals surface area contributed by atoms with Gasteiger partial charge in [-0.3, -0.25) is 0 Å². The van der Waals surface area contributed by atoms with Crippen LogP contribution in [0.25, 0.3) is 0 Å². The van der Waals surface area contributed by atoms with Crippen LogP contribution in [0.15, 0.2) is 48.5 Å². The fourth-order valence-corrected chi connectivity index (χ4v) is 6.24. The van der Waals surface area contributed by atoms with Crippen LogP contribution >= 0.6 is 0 Å². The molecule has 6 rings (SSSR count). The van der Waals surface area contributed by atoms with Gasteiger partial charge in [0.1, 0.15) is 5.82 Å². The standard InChI is InChI=1S/C23H27FN2/c24-19-6-7-21(26-20-4-2-1-3-5-20)22(11-19)25-15-23-12-16-8-17(13-23)10-18(9-16)14-23/h1-7,11,16-18,25-26H,8-10,12-15H2. The highest BCUT2D eigenvalue weighted by atomic mass is 19.1. The number of anilines is 3. The van der Waals surface area contributed by atoms with Gasteiger partial charge in [0.05, 0.1) is 11.4 Å². The third-order valence-corrected chi connectivity index (χ3v) is 6.85. The van der Waals surface area contributed by atoms with Crippen molar-refractivity contribution in [2.45, 2.75) is 38.5 Å². The zero-order valence-electron chi connectivity index (χ0n) is 15.2. The molecule has 0 aliphatic heterocycles. The van der Waals surface area contributed by atoms with E-state index in [1.54, 1.807) is 6.07 Å². The van der Waals surface area contributed by atoms with Crippen LogP contribution in [0.4, 0.5) is 21.5 Å². The molecule has 2 nitrogen and oxygen atoms in total. The average Bonchev–Trinajstić information content (AvgIpc) is 2.62. The Hall–Kier alpha value is -2.03. The Kier molecular flexibility index (Phi) is 3.91. The van der Waals surface area contributed by atoms with Gasteiger partial charge in [-0.2, -0.15) is 0 Å². The lowest BCUT2D eigenvalue weighted by atomic mass is 9.49. The summed E-state index contributed by atoms with van der Waals surface area (Å²) >= 11 is 0. The van der Waals surface area contributed by atoms with Crippen LogP contribution in [0.3, 0.4) is 0 Å². The van der Waals surface area contributed by atoms with Crippen LogP contribution in [-0.2, 0) is 0 Å². The van der Waals surface area contributed by atoms with Gasteiger partial charge in [0.25, 0.3) is 0 Å². The van der Waals surface area contributed by atoms with E-state index in [2.05, 4.69) is 10.6 Å². The zero-order valence-corrected chi connectivity index (χ0v) is 15.2. The molecule has 0 saturated heterocycles. The van der Waals surface area contributed by atoms with Gasteiger partial charge in [0, 0.05) is 12.2 Å². The summed E-state index contributed by atoms with van der Waals surface area (Å²) in [6.07, 6.45) is 8.47. The monoisotopic (exact) mass is 350 g/mol. The topological polar surface area (TPSA) is 24.1 Å². The molecule has 2 N–H and O–H groups in total. The summed E-state index contributed by atoms with van der Waals surface area (Å²) in [4.78, 5) is 0. The van der Waals surface area contributed by atoms with Crippen molar-refractivity contribution in [3.05, 3.63) is 54.3 Å². The molecule has 0 atom stereocenters. The third-order valence-electron chi connectivity index (χ3n) is 6.85. The Labute approximate surface area is 155 Å². The van der Waals surface area contributed by atoms with E-state index in [1.807, 2.05) is 36.4 Å². The molecule has 0 amide bonds. The molecule has 0 heterocycles. The highest BCUT2D eigenvalue weighted by molar-refractivity contribution is 5.74. The van der Waals surface area contributed by atoms with Crippen LogP contribution in [0.1, 0.15) is 38.5 Å². The van der Waals surface area contributed by atoms with Crippen LogP contribution < -0.4 is 10.6 Å². The van der Waals surface area contributed by atoms with Crippen LogP contribution in [0.5, 0.6) is 0 Å². The van der Waals surface area contributed by atoms with Crippen molar-refractivity contribution >= 4 is 17.1 Å². The normalized spacial score (nSPS) is 31.8. The molecule has 2 aromatic carbocycles. The van der Waals surface area contributed by atoms with Crippen LogP contribution in [0.2, 0.25) is 0 Å². The van der Waals surface area contributed by atoms with Gasteiger partial charge in [0.2, 0.25) is 0 Å². The summed E-state index contributed by atoms with van der Waals surface area (Å²) in [5.74, 6) is 2.64. The molecule has 136 valence electrons. The van der Waals surface area contributed by atoms with Gasteiger partial charge in [-0.05, 0) is 92.0 Å². The number of rotatable bonds is 5. The van der Waals surface area contributed by atoms with Gasteiger partial charge in [-0.1, -0.05) is 18.2 Å². The van der Waals surface area contributed by atoms with E-state index >= 15 is 0 Å². The number of halogens is 1. The summed E-state index contributed by atoms with van der Waals surface area (Å²) in [7, 11) is 0. The van der Waals surface area contributed by atoms with Gasteiger partial charge >= 0.3 is 0 Å². The second-order valence-corrected chi connectivity index (χ2v) is 8.95. The van der Waals surface area contributed by atoms with Crippen LogP contribution in [-0.4, -0.2) is 6.54 Å². The zero-order chi connectivity index (χ0) is 17.6. The van der Waals surface area contributed by atoms with Crippen molar-refractivity contribution in [2.75, 3.05) is 17.2 Å². The minimum absolute atomic E-state index is 0.184. The molecule has 26 heavy (non-hydrogen) atoms. The molecule has 2 aromatic rings. The second kappa shape index (κ2) is 6.29. The minimum atomic E-state index is -0.184. The van der Waals surface area contributed by atoms with E-state index in [4.69, 9.17) is 0 Å². The number of benzene rings is 2. The lowest BCUT2D eigenvalue weighted by molar-refractivity contribution is -0.0444. The highest BCUT2D eigenvalue weighted by Crippen LogP contribution is 2.60. The second-order valence-electron chi connectivity index (χ2n) is 8.95. The number of hydrogen-bond donors (Lipinski definition) is 2. The Balaban J connectivity index is 1.35. The van der Waals surface area contributed by atoms with E-state index < -0.39 is 0 Å². The van der Waals surface area contributed by atoms with E-state index in [0.717, 1.165) is 41.4 Å². The maximum Gasteiger partial charge on any atom is 0.125 e. The molecule has 0 unspecified atom stereocenters. The SMILES string of the molecule is Fc1ccc(Nc2ccccc2)c(NCC23CC4CC(CC(C4)C2)C3)c1. The van der Waals surface area contributed by atoms with Crippen molar-refractivity contribution in [3.8, 4) is 0 Å². The maximum absolute atomic E-state index is 13.9. The Morgan fingerprint density at radius 3 is 2.15 bits per heavy atom. The Morgan fingerprint density at radius 1 is 0.846 bits per heavy atom. The molecule has 0 spiro atoms. The van der Waals surface area contributed by atoms with Gasteiger partial charge in [-0.15, -0.1) is 0 Å². The van der Waals surface area contributed by atoms with Crippen LogP contribution in [0, 0.1) is 29.0 Å². The first kappa shape index (κ1) is 16.2. The van der Waals surface area contributed by atoms with Gasteiger partial charge in [-0.25, -0.2) is 4.39 Å². The predicted octanol–water partition coefficient (Wildman–Crippen LogP) is 6.20. The lowest BCUT2D eigenvalue weighted by Gasteiger charge is -2.57. The Morgan fingerprint density at radius 2 is 1.50 bits per heavy atom. The molecule has 0 radical (unpaired) electrons. The molecule has 4 saturated carbocycles. The first-order chi connectivity index (χ1) is 12.7. The fraction of sp³-hybridized carbons (Fsp3) is 0.478. The number of nitrogens with one attached hydrogen (secondary N) is 2. The molecule has 3 heteroatoms. The predicted molar refractivity (Wildman–Crippen MR) is 105 cm³/mol. The Bertz CT molecular complexity index is 751. The van der Waals surface area contributed by atoms with Gasteiger partial charge < -0.3 is 10.6 Å². The van der Waals surface area contributed by atoms with E-state index in [9.17, 15) is 4.39 Å². The van der Waals surface area contributed by atoms with Crippen molar-refractivity contribution in [2.24, 2.45) is 23.2 Å². The van der Waals surface area contributed by atoms with E-state index in [1.165, 1.54) is 44.6 Å². The largest absolute Gasteiger partial charge is 0.383 e. The quantitative estimate of drug-likeness (QED) is 0.671. The summed E-state index contributed by atoms with van der Waals surface area (Å²) in [6, 6.07) is 15.1. The molecular weight excluding hydrogens is 323 g/mol. The third kappa shape index (κ3) is 3.08. The van der Waals surface area contributed by atoms with Crippen molar-refractivity contribution < 1.29 is 4.39 Å². The highest BCUT2D eigenvalue weighted by Gasteiger charge is 2.50. The number of hydrogen-bond acceptors (Lipinski definition) is 2. The summed E-state index contributed by atoms with van der Waals surface area (Å²) in [5, 5.41) is 7.06. The molecule has 4 aliphatic carbocycles. The fourth-order valence-electron chi connectivity index (χ4n) is 6.24. The molecule has 4 fully saturated rings. The molecule has 4 bridgehead atoms. The molecule has 4 aliphatic rings. The minimum Gasteiger partial charge on any atom is -0.383 e. The average molecular weight is 350 g/mol. The first-order valence-electron chi connectivity index (χ1n) is 10.0. The number of para-hydroxylation sites is 1. The smallest absolute Gasteiger partial charge is 0.125 e. The molecule has 0 aromatic heterocycles. The van der Waals surface area contributed by atoms with Gasteiger partial charge in [0.15, 0.2) is 0 Å². The maximum atomic E-state index is 13.9. The summed E-state index contributed by atoms with van der Waals surface area (Å²) in [5.41, 5.74) is 3.29.